The zero-order valence-electron chi connectivity index (χ0n) is 13.0. The van der Waals surface area contributed by atoms with Crippen LogP contribution in [0.4, 0.5) is 0 Å². The van der Waals surface area contributed by atoms with E-state index < -0.39 is 0 Å². The predicted octanol–water partition coefficient (Wildman–Crippen LogP) is 4.62. The van der Waals surface area contributed by atoms with Crippen molar-refractivity contribution in [2.45, 2.75) is 71.6 Å². The van der Waals surface area contributed by atoms with Gasteiger partial charge in [-0.05, 0) is 38.5 Å². The lowest BCUT2D eigenvalue weighted by Crippen LogP contribution is -1.81. The lowest BCUT2D eigenvalue weighted by Gasteiger charge is -1.92. The summed E-state index contributed by atoms with van der Waals surface area (Å²) in [5.41, 5.74) is 0. The molecule has 0 bridgehead atoms. The van der Waals surface area contributed by atoms with Gasteiger partial charge in [-0.2, -0.15) is 0 Å². The Balaban J connectivity index is 0. The third kappa shape index (κ3) is 26.8. The molecule has 0 aromatic carbocycles. The van der Waals surface area contributed by atoms with Crippen LogP contribution in [-0.4, -0.2) is 23.4 Å². The van der Waals surface area contributed by atoms with Crippen molar-refractivity contribution in [1.29, 1.82) is 0 Å². The molecular weight excluding hydrogens is 236 g/mol. The summed E-state index contributed by atoms with van der Waals surface area (Å²) < 4.78 is 0. The van der Waals surface area contributed by atoms with Crippen molar-refractivity contribution in [1.82, 2.24) is 0 Å². The van der Waals surface area contributed by atoms with Gasteiger partial charge in [-0.25, -0.2) is 0 Å². The van der Waals surface area contributed by atoms with Crippen LogP contribution >= 0.6 is 0 Å². The molecule has 0 amide bonds. The highest BCUT2D eigenvalue weighted by molar-refractivity contribution is 4.80. The Labute approximate surface area is 120 Å². The zero-order valence-corrected chi connectivity index (χ0v) is 13.0. The van der Waals surface area contributed by atoms with E-state index in [1.54, 1.807) is 0 Å². The van der Waals surface area contributed by atoms with Gasteiger partial charge in [0.2, 0.25) is 0 Å². The molecule has 0 heterocycles. The van der Waals surface area contributed by atoms with Crippen molar-refractivity contribution in [3.05, 3.63) is 24.3 Å². The predicted molar refractivity (Wildman–Crippen MR) is 85.4 cm³/mol. The maximum Gasteiger partial charge on any atom is 0.0465 e. The number of unbranched alkanes of at least 4 members (excludes halogenated alkanes) is 5. The molecule has 0 saturated carbocycles. The molecule has 0 fully saturated rings. The van der Waals surface area contributed by atoms with Crippen molar-refractivity contribution in [3.8, 4) is 0 Å². The van der Waals surface area contributed by atoms with Crippen LogP contribution in [0.2, 0.25) is 0 Å². The van der Waals surface area contributed by atoms with Gasteiger partial charge >= 0.3 is 0 Å². The molecule has 0 unspecified atom stereocenters. The van der Waals surface area contributed by atoms with Crippen LogP contribution < -0.4 is 0 Å². The molecule has 0 aliphatic heterocycles. The standard InChI is InChI=1S/C9H18O.C8H16O/c1-2-3-4-5-6-7-8-9-10;1-2-3-4-5-6-7-8-9/h3-4,10H,2,5-9H2,1H3;5-6,9H,2-4,7-8H2,1H3/b4-3+;6-5+. The molecular formula is C17H34O2. The van der Waals surface area contributed by atoms with Crippen LogP contribution in [0.15, 0.2) is 24.3 Å². The zero-order chi connectivity index (χ0) is 14.6. The molecule has 114 valence electrons. The van der Waals surface area contributed by atoms with Crippen LogP contribution in [-0.2, 0) is 0 Å². The maximum absolute atomic E-state index is 8.45. The van der Waals surface area contributed by atoms with Gasteiger partial charge in [-0.1, -0.05) is 57.4 Å². The second-order valence-corrected chi connectivity index (χ2v) is 4.58. The summed E-state index contributed by atoms with van der Waals surface area (Å²) in [7, 11) is 0. The first-order valence-electron chi connectivity index (χ1n) is 7.85. The minimum Gasteiger partial charge on any atom is -0.396 e. The van der Waals surface area contributed by atoms with Crippen LogP contribution in [0.25, 0.3) is 0 Å². The van der Waals surface area contributed by atoms with Crippen LogP contribution in [0.5, 0.6) is 0 Å². The summed E-state index contributed by atoms with van der Waals surface area (Å²) in [6.07, 6.45) is 18.7. The first kappa shape index (κ1) is 20.7. The van der Waals surface area contributed by atoms with E-state index in [1.165, 1.54) is 25.7 Å². The lowest BCUT2D eigenvalue weighted by atomic mass is 10.2. The molecule has 0 rings (SSSR count). The van der Waals surface area contributed by atoms with E-state index in [0.717, 1.165) is 32.1 Å². The Bertz CT molecular complexity index is 186. The molecule has 0 saturated heterocycles. The molecule has 0 aromatic heterocycles. The van der Waals surface area contributed by atoms with Crippen molar-refractivity contribution in [2.24, 2.45) is 0 Å². The smallest absolute Gasteiger partial charge is 0.0465 e. The molecule has 19 heavy (non-hydrogen) atoms. The van der Waals surface area contributed by atoms with Gasteiger partial charge in [0.1, 0.15) is 0 Å². The molecule has 0 aliphatic carbocycles. The molecule has 0 aromatic rings. The first-order valence-corrected chi connectivity index (χ1v) is 7.85. The van der Waals surface area contributed by atoms with Crippen molar-refractivity contribution in [3.63, 3.8) is 0 Å². The number of allylic oxidation sites excluding steroid dienone is 3. The summed E-state index contributed by atoms with van der Waals surface area (Å²) in [6, 6.07) is 0. The van der Waals surface area contributed by atoms with Crippen LogP contribution in [0.1, 0.15) is 71.6 Å². The molecule has 2 nitrogen and oxygen atoms in total. The summed E-state index contributed by atoms with van der Waals surface area (Å²) >= 11 is 0. The number of rotatable bonds is 11. The molecule has 0 radical (unpaired) electrons. The lowest BCUT2D eigenvalue weighted by molar-refractivity contribution is 0.283. The summed E-state index contributed by atoms with van der Waals surface area (Å²) in [6.45, 7) is 4.95. The Morgan fingerprint density at radius 2 is 1.26 bits per heavy atom. The molecule has 0 spiro atoms. The van der Waals surface area contributed by atoms with E-state index in [-0.39, 0.29) is 6.61 Å². The van der Waals surface area contributed by atoms with E-state index in [9.17, 15) is 0 Å². The summed E-state index contributed by atoms with van der Waals surface area (Å²) in [5.74, 6) is 0. The quantitative estimate of drug-likeness (QED) is 0.425. The van der Waals surface area contributed by atoms with E-state index in [2.05, 4.69) is 32.1 Å². The second-order valence-electron chi connectivity index (χ2n) is 4.58. The SMILES string of the molecule is CC/C=C/CCCCCO.CCCC/C=C/CCO. The van der Waals surface area contributed by atoms with Crippen LogP contribution in [0.3, 0.4) is 0 Å². The highest BCUT2D eigenvalue weighted by Gasteiger charge is 1.83. The van der Waals surface area contributed by atoms with E-state index in [1.807, 2.05) is 6.08 Å². The second kappa shape index (κ2) is 22.6. The summed E-state index contributed by atoms with van der Waals surface area (Å²) in [5, 5.41) is 16.8. The minimum atomic E-state index is 0.280. The fraction of sp³-hybridized carbons (Fsp3) is 0.765. The van der Waals surface area contributed by atoms with Crippen molar-refractivity contribution in [2.75, 3.05) is 13.2 Å². The van der Waals surface area contributed by atoms with Crippen molar-refractivity contribution < 1.29 is 10.2 Å². The van der Waals surface area contributed by atoms with E-state index in [0.29, 0.717) is 6.61 Å². The number of hydrogen-bond donors (Lipinski definition) is 2. The molecule has 2 N–H and O–H groups in total. The number of aliphatic hydroxyl groups excluding tert-OH is 2. The van der Waals surface area contributed by atoms with Gasteiger partial charge in [-0.3, -0.25) is 0 Å². The Morgan fingerprint density at radius 3 is 1.84 bits per heavy atom. The van der Waals surface area contributed by atoms with Gasteiger partial charge < -0.3 is 10.2 Å². The van der Waals surface area contributed by atoms with E-state index >= 15 is 0 Å². The minimum absolute atomic E-state index is 0.280. The average Bonchev–Trinajstić information content (AvgIpc) is 2.43. The third-order valence-electron chi connectivity index (χ3n) is 2.62. The topological polar surface area (TPSA) is 40.5 Å². The fourth-order valence-electron chi connectivity index (χ4n) is 1.47. The van der Waals surface area contributed by atoms with Crippen molar-refractivity contribution >= 4 is 0 Å². The highest BCUT2D eigenvalue weighted by atomic mass is 16.3. The van der Waals surface area contributed by atoms with Gasteiger partial charge in [0.05, 0.1) is 0 Å². The number of aliphatic hydroxyl groups is 2. The molecule has 0 atom stereocenters. The van der Waals surface area contributed by atoms with Gasteiger partial charge in [0.15, 0.2) is 0 Å². The van der Waals surface area contributed by atoms with Gasteiger partial charge in [-0.15, -0.1) is 0 Å². The average molecular weight is 270 g/mol. The normalized spacial score (nSPS) is 10.9. The third-order valence-corrected chi connectivity index (χ3v) is 2.62. The largest absolute Gasteiger partial charge is 0.396 e. The Hall–Kier alpha value is -0.600. The maximum atomic E-state index is 8.45. The number of hydrogen-bond acceptors (Lipinski definition) is 2. The Kier molecular flexibility index (Phi) is 24.6. The molecule has 0 aliphatic rings. The fourth-order valence-corrected chi connectivity index (χ4v) is 1.47. The van der Waals surface area contributed by atoms with Gasteiger partial charge in [0.25, 0.3) is 0 Å². The van der Waals surface area contributed by atoms with Crippen LogP contribution in [0, 0.1) is 0 Å². The van der Waals surface area contributed by atoms with E-state index in [4.69, 9.17) is 10.2 Å². The monoisotopic (exact) mass is 270 g/mol. The van der Waals surface area contributed by atoms with Gasteiger partial charge in [0, 0.05) is 13.2 Å². The highest BCUT2D eigenvalue weighted by Crippen LogP contribution is 1.99. The summed E-state index contributed by atoms with van der Waals surface area (Å²) in [4.78, 5) is 0. The Morgan fingerprint density at radius 1 is 0.632 bits per heavy atom. The molecule has 2 heteroatoms. The first-order chi connectivity index (χ1) is 9.33.